The topological polar surface area (TPSA) is 62.2 Å². The van der Waals surface area contributed by atoms with Crippen molar-refractivity contribution in [1.82, 2.24) is 9.80 Å². The number of hydrogen-bond donors (Lipinski definition) is 1. The highest BCUT2D eigenvalue weighted by atomic mass is 16.5. The summed E-state index contributed by atoms with van der Waals surface area (Å²) in [6.07, 6.45) is 10.8. The van der Waals surface area contributed by atoms with Gasteiger partial charge in [-0.2, -0.15) is 0 Å². The summed E-state index contributed by atoms with van der Waals surface area (Å²) >= 11 is 0. The normalized spacial score (nSPS) is 50.9. The van der Waals surface area contributed by atoms with Crippen molar-refractivity contribution in [2.45, 2.75) is 103 Å². The lowest BCUT2D eigenvalue weighted by atomic mass is 9.44. The Balaban J connectivity index is 1.26. The smallest absolute Gasteiger partial charge is 0.302 e. The molecule has 0 aromatic carbocycles. The van der Waals surface area contributed by atoms with Gasteiger partial charge in [0.25, 0.3) is 0 Å². The fourth-order valence-corrected chi connectivity index (χ4v) is 10.3. The van der Waals surface area contributed by atoms with Crippen molar-refractivity contribution in [1.29, 1.82) is 0 Å². The Morgan fingerprint density at radius 1 is 0.914 bits per heavy atom. The molecule has 4 aliphatic carbocycles. The van der Waals surface area contributed by atoms with Crippen LogP contribution in [0.25, 0.3) is 0 Å². The Morgan fingerprint density at radius 3 is 2.34 bits per heavy atom. The van der Waals surface area contributed by atoms with Gasteiger partial charge in [-0.3, -0.25) is 14.6 Å². The summed E-state index contributed by atoms with van der Waals surface area (Å²) in [7, 11) is 0. The average molecular weight is 489 g/mol. The van der Waals surface area contributed by atoms with Crippen LogP contribution in [0.15, 0.2) is 0 Å². The largest absolute Gasteiger partial charge is 0.461 e. The first-order chi connectivity index (χ1) is 16.8. The molecule has 2 heterocycles. The second kappa shape index (κ2) is 9.25. The number of morpholine rings is 1. The molecular formula is C29H48N2O4. The van der Waals surface area contributed by atoms with E-state index >= 15 is 0 Å². The molecule has 0 bridgehead atoms. The van der Waals surface area contributed by atoms with Crippen molar-refractivity contribution in [3.05, 3.63) is 0 Å². The third-order valence-electron chi connectivity index (χ3n) is 12.1. The van der Waals surface area contributed by atoms with Crippen LogP contribution in [0.1, 0.15) is 78.6 Å². The molecule has 2 aliphatic heterocycles. The molecule has 4 saturated carbocycles. The average Bonchev–Trinajstić information content (AvgIpc) is 3.46. The minimum atomic E-state index is -0.169. The molecule has 10 atom stereocenters. The summed E-state index contributed by atoms with van der Waals surface area (Å²) in [5.74, 6) is 2.61. The van der Waals surface area contributed by atoms with Gasteiger partial charge in [-0.05, 0) is 105 Å². The maximum absolute atomic E-state index is 12.0. The molecule has 6 aliphatic rings. The van der Waals surface area contributed by atoms with Gasteiger partial charge in [0.05, 0.1) is 19.3 Å². The van der Waals surface area contributed by atoms with Gasteiger partial charge in [0.1, 0.15) is 6.10 Å². The van der Waals surface area contributed by atoms with Crippen molar-refractivity contribution >= 4 is 5.97 Å². The number of fused-ring (bicyclic) bond motifs is 5. The van der Waals surface area contributed by atoms with E-state index in [-0.39, 0.29) is 23.6 Å². The van der Waals surface area contributed by atoms with Crippen molar-refractivity contribution in [2.75, 3.05) is 39.4 Å². The predicted octanol–water partition coefficient (Wildman–Crippen LogP) is 3.71. The monoisotopic (exact) mass is 488 g/mol. The second-order valence-corrected chi connectivity index (χ2v) is 13.5. The molecule has 3 unspecified atom stereocenters. The maximum Gasteiger partial charge on any atom is 0.302 e. The third-order valence-corrected chi connectivity index (χ3v) is 12.1. The zero-order chi connectivity index (χ0) is 24.4. The summed E-state index contributed by atoms with van der Waals surface area (Å²) in [6.45, 7) is 12.4. The Morgan fingerprint density at radius 2 is 1.63 bits per heavy atom. The molecule has 1 N–H and O–H groups in total. The zero-order valence-electron chi connectivity index (χ0n) is 22.3. The Bertz CT molecular complexity index is 796. The van der Waals surface area contributed by atoms with E-state index in [0.717, 1.165) is 51.0 Å². The lowest BCUT2D eigenvalue weighted by molar-refractivity contribution is -0.178. The van der Waals surface area contributed by atoms with Crippen LogP contribution in [0.2, 0.25) is 0 Å². The highest BCUT2D eigenvalue weighted by molar-refractivity contribution is 5.66. The van der Waals surface area contributed by atoms with E-state index in [4.69, 9.17) is 9.47 Å². The van der Waals surface area contributed by atoms with Crippen LogP contribution >= 0.6 is 0 Å². The van der Waals surface area contributed by atoms with E-state index in [1.54, 1.807) is 6.92 Å². The zero-order valence-corrected chi connectivity index (χ0v) is 22.3. The Kier molecular flexibility index (Phi) is 6.51. The quantitative estimate of drug-likeness (QED) is 0.611. The first-order valence-corrected chi connectivity index (χ1v) is 14.7. The molecule has 0 aromatic heterocycles. The minimum absolute atomic E-state index is 0.0157. The number of carbonyl (C=O) groups excluding carboxylic acids is 1. The Hall–Kier alpha value is -0.690. The Labute approximate surface area is 212 Å². The highest BCUT2D eigenvalue weighted by Gasteiger charge is 2.64. The summed E-state index contributed by atoms with van der Waals surface area (Å²) in [6, 6.07) is 0.681. The molecule has 6 heteroatoms. The van der Waals surface area contributed by atoms with E-state index < -0.39 is 0 Å². The number of carbonyl (C=O) groups is 1. The van der Waals surface area contributed by atoms with E-state index in [2.05, 4.69) is 23.6 Å². The van der Waals surface area contributed by atoms with Crippen LogP contribution in [0, 0.1) is 34.5 Å². The van der Waals surface area contributed by atoms with Crippen LogP contribution in [-0.2, 0) is 14.3 Å². The molecule has 6 nitrogen and oxygen atoms in total. The second-order valence-electron chi connectivity index (χ2n) is 13.5. The van der Waals surface area contributed by atoms with Gasteiger partial charge < -0.3 is 14.6 Å². The van der Waals surface area contributed by atoms with Crippen LogP contribution in [0.3, 0.4) is 0 Å². The molecule has 35 heavy (non-hydrogen) atoms. The first kappa shape index (κ1) is 24.6. The van der Waals surface area contributed by atoms with Gasteiger partial charge in [0, 0.05) is 32.1 Å². The summed E-state index contributed by atoms with van der Waals surface area (Å²) in [5.41, 5.74) is 0.372. The molecular weight excluding hydrogens is 440 g/mol. The van der Waals surface area contributed by atoms with Crippen molar-refractivity contribution < 1.29 is 19.4 Å². The number of likely N-dealkylation sites (tertiary alicyclic amines) is 1. The standard InChI is InChI=1S/C29H48N2O4/c1-19(32)35-26-16-20-6-7-21-22(29(20,3)18-25(26)31-12-14-34-15-13-31)8-9-28(2)23(21)17-24(27(28)33)30-10-4-5-11-30/h20-27,33H,4-18H2,1-3H3/t20-,21?,22?,23?,24-,25-,26-,27-,28-,29-/m0/s1. The molecule has 0 aromatic rings. The van der Waals surface area contributed by atoms with Gasteiger partial charge in [-0.15, -0.1) is 0 Å². The SMILES string of the molecule is CC(=O)O[C@H]1C[C@@H]2CCC3C4C[C@H](N5CCCC5)[C@H](O)[C@@]4(C)CCC3[C@@]2(C)C[C@@H]1N1CCOCC1. The number of nitrogens with zero attached hydrogens (tertiary/aromatic N) is 2. The van der Waals surface area contributed by atoms with E-state index in [1.807, 2.05) is 0 Å². The van der Waals surface area contributed by atoms with Crippen molar-refractivity contribution in [3.63, 3.8) is 0 Å². The van der Waals surface area contributed by atoms with Crippen molar-refractivity contribution in [2.24, 2.45) is 34.5 Å². The first-order valence-electron chi connectivity index (χ1n) is 14.7. The fraction of sp³-hybridized carbons (Fsp3) is 0.966. The highest BCUT2D eigenvalue weighted by Crippen LogP contribution is 2.67. The fourth-order valence-electron chi connectivity index (χ4n) is 10.3. The van der Waals surface area contributed by atoms with Crippen LogP contribution in [0.5, 0.6) is 0 Å². The number of ether oxygens (including phenoxy) is 2. The van der Waals surface area contributed by atoms with Crippen LogP contribution in [-0.4, -0.2) is 84.6 Å². The van der Waals surface area contributed by atoms with Gasteiger partial charge in [0.2, 0.25) is 0 Å². The predicted molar refractivity (Wildman–Crippen MR) is 135 cm³/mol. The van der Waals surface area contributed by atoms with Gasteiger partial charge in [0.15, 0.2) is 0 Å². The van der Waals surface area contributed by atoms with E-state index in [9.17, 15) is 9.90 Å². The number of hydrogen-bond acceptors (Lipinski definition) is 6. The number of aliphatic hydroxyl groups excluding tert-OH is 1. The maximum atomic E-state index is 12.0. The summed E-state index contributed by atoms with van der Waals surface area (Å²) in [5, 5.41) is 11.6. The summed E-state index contributed by atoms with van der Waals surface area (Å²) in [4.78, 5) is 17.2. The third kappa shape index (κ3) is 4.00. The summed E-state index contributed by atoms with van der Waals surface area (Å²) < 4.78 is 11.7. The van der Waals surface area contributed by atoms with Gasteiger partial charge in [-0.1, -0.05) is 13.8 Å². The number of esters is 1. The molecule has 2 saturated heterocycles. The van der Waals surface area contributed by atoms with Crippen molar-refractivity contribution in [3.8, 4) is 0 Å². The van der Waals surface area contributed by atoms with Gasteiger partial charge in [-0.25, -0.2) is 0 Å². The minimum Gasteiger partial charge on any atom is -0.461 e. The molecule has 6 fully saturated rings. The molecule has 6 rings (SSSR count). The lowest BCUT2D eigenvalue weighted by Crippen LogP contribution is -2.61. The van der Waals surface area contributed by atoms with Gasteiger partial charge >= 0.3 is 5.97 Å². The van der Waals surface area contributed by atoms with Crippen LogP contribution < -0.4 is 0 Å². The van der Waals surface area contributed by atoms with Crippen LogP contribution in [0.4, 0.5) is 0 Å². The molecule has 0 spiro atoms. The van der Waals surface area contributed by atoms with E-state index in [1.165, 1.54) is 58.0 Å². The lowest BCUT2D eigenvalue weighted by Gasteiger charge is -2.62. The van der Waals surface area contributed by atoms with E-state index in [0.29, 0.717) is 29.3 Å². The molecule has 0 radical (unpaired) electrons. The number of aliphatic hydroxyl groups is 1. The molecule has 0 amide bonds. The number of rotatable bonds is 3. The molecule has 198 valence electrons.